The van der Waals surface area contributed by atoms with Crippen LogP contribution >= 0.6 is 0 Å². The van der Waals surface area contributed by atoms with E-state index in [-0.39, 0.29) is 12.5 Å². The Hall–Kier alpha value is -2.32. The Kier molecular flexibility index (Phi) is 5.58. The van der Waals surface area contributed by atoms with Gasteiger partial charge in [0.15, 0.2) is 0 Å². The number of nitrogens with one attached hydrogen (secondary N) is 1. The van der Waals surface area contributed by atoms with Gasteiger partial charge in [-0.3, -0.25) is 14.9 Å². The summed E-state index contributed by atoms with van der Waals surface area (Å²) in [6, 6.07) is 6.84. The third-order valence-corrected chi connectivity index (χ3v) is 2.59. The van der Waals surface area contributed by atoms with Crippen molar-refractivity contribution in [2.75, 3.05) is 20.1 Å². The molecular weight excluding hydrogens is 242 g/mol. The number of likely N-dealkylation sites (N-methyl/N-ethyl adjacent to an activating group) is 1. The minimum absolute atomic E-state index is 0.0470. The number of rotatable bonds is 6. The number of benzene rings is 1. The molecule has 0 aliphatic heterocycles. The van der Waals surface area contributed by atoms with Crippen molar-refractivity contribution >= 4 is 11.8 Å². The summed E-state index contributed by atoms with van der Waals surface area (Å²) in [4.78, 5) is 24.2. The van der Waals surface area contributed by atoms with Gasteiger partial charge in [-0.05, 0) is 17.7 Å². The van der Waals surface area contributed by atoms with Crippen molar-refractivity contribution in [3.05, 3.63) is 35.4 Å². The van der Waals surface area contributed by atoms with Gasteiger partial charge < -0.3 is 10.6 Å². The van der Waals surface area contributed by atoms with Crippen molar-refractivity contribution < 1.29 is 9.59 Å². The van der Waals surface area contributed by atoms with Crippen molar-refractivity contribution in [3.8, 4) is 12.3 Å². The molecule has 0 saturated heterocycles. The van der Waals surface area contributed by atoms with E-state index >= 15 is 0 Å². The Morgan fingerprint density at radius 2 is 2.00 bits per heavy atom. The number of nitrogens with zero attached hydrogens (tertiary/aromatic N) is 1. The van der Waals surface area contributed by atoms with Gasteiger partial charge in [0, 0.05) is 19.2 Å². The molecule has 5 nitrogen and oxygen atoms in total. The van der Waals surface area contributed by atoms with Crippen LogP contribution in [-0.4, -0.2) is 36.9 Å². The molecule has 2 amide bonds. The highest BCUT2D eigenvalue weighted by Gasteiger charge is 2.08. The van der Waals surface area contributed by atoms with Crippen molar-refractivity contribution in [1.82, 2.24) is 10.2 Å². The van der Waals surface area contributed by atoms with Gasteiger partial charge in [-0.25, -0.2) is 0 Å². The van der Waals surface area contributed by atoms with E-state index in [1.54, 1.807) is 36.2 Å². The first-order valence-electron chi connectivity index (χ1n) is 5.81. The number of amides is 2. The summed E-state index contributed by atoms with van der Waals surface area (Å²) < 4.78 is 0. The van der Waals surface area contributed by atoms with E-state index in [1.165, 1.54) is 0 Å². The molecule has 0 aromatic heterocycles. The van der Waals surface area contributed by atoms with Crippen LogP contribution in [-0.2, 0) is 11.3 Å². The van der Waals surface area contributed by atoms with Crippen LogP contribution in [0, 0.1) is 12.3 Å². The normalized spacial score (nSPS) is 9.68. The first kappa shape index (κ1) is 14.7. The van der Waals surface area contributed by atoms with Crippen molar-refractivity contribution in [2.24, 2.45) is 5.73 Å². The van der Waals surface area contributed by atoms with E-state index in [0.29, 0.717) is 18.7 Å². The Labute approximate surface area is 112 Å². The molecule has 0 saturated carbocycles. The molecular formula is C14H17N3O2. The third kappa shape index (κ3) is 4.82. The summed E-state index contributed by atoms with van der Waals surface area (Å²) in [5.41, 5.74) is 6.53. The van der Waals surface area contributed by atoms with Crippen molar-refractivity contribution in [1.29, 1.82) is 0 Å². The zero-order chi connectivity index (χ0) is 14.3. The molecule has 0 radical (unpaired) electrons. The molecule has 5 heteroatoms. The zero-order valence-electron chi connectivity index (χ0n) is 10.8. The fourth-order valence-electron chi connectivity index (χ4n) is 1.51. The first-order valence-corrected chi connectivity index (χ1v) is 5.81. The Morgan fingerprint density at radius 3 is 2.53 bits per heavy atom. The van der Waals surface area contributed by atoms with E-state index in [1.807, 2.05) is 0 Å². The lowest BCUT2D eigenvalue weighted by molar-refractivity contribution is -0.129. The quantitative estimate of drug-likeness (QED) is 0.556. The molecule has 0 aliphatic carbocycles. The maximum absolute atomic E-state index is 11.7. The highest BCUT2D eigenvalue weighted by molar-refractivity contribution is 5.92. The molecule has 0 heterocycles. The standard InChI is InChI=1S/C14H17N3O2/c1-3-8-16-9-13(18)17(2)10-11-4-6-12(7-5-11)14(15)19/h1,4-7,16H,8-10H2,2H3,(H2,15,19). The average Bonchev–Trinajstić information content (AvgIpc) is 2.39. The molecule has 100 valence electrons. The number of primary amides is 1. The second-order valence-corrected chi connectivity index (χ2v) is 4.12. The monoisotopic (exact) mass is 259 g/mol. The lowest BCUT2D eigenvalue weighted by Gasteiger charge is -2.17. The summed E-state index contributed by atoms with van der Waals surface area (Å²) in [5.74, 6) is 1.89. The van der Waals surface area contributed by atoms with Gasteiger partial charge >= 0.3 is 0 Å². The summed E-state index contributed by atoms with van der Waals surface area (Å²) >= 11 is 0. The molecule has 1 aromatic carbocycles. The number of hydrogen-bond donors (Lipinski definition) is 2. The predicted octanol–water partition coefficient (Wildman–Crippen LogP) is -0.0333. The number of carbonyl (C=O) groups excluding carboxylic acids is 2. The number of carbonyl (C=O) groups is 2. The fourth-order valence-corrected chi connectivity index (χ4v) is 1.51. The lowest BCUT2D eigenvalue weighted by atomic mass is 10.1. The maximum Gasteiger partial charge on any atom is 0.248 e. The van der Waals surface area contributed by atoms with E-state index in [0.717, 1.165) is 5.56 Å². The van der Waals surface area contributed by atoms with Gasteiger partial charge in [0.05, 0.1) is 13.1 Å². The highest BCUT2D eigenvalue weighted by atomic mass is 16.2. The maximum atomic E-state index is 11.7. The number of nitrogens with two attached hydrogens (primary N) is 1. The summed E-state index contributed by atoms with van der Waals surface area (Å²) in [6.07, 6.45) is 5.08. The van der Waals surface area contributed by atoms with E-state index in [9.17, 15) is 9.59 Å². The van der Waals surface area contributed by atoms with Crippen LogP contribution in [0.15, 0.2) is 24.3 Å². The van der Waals surface area contributed by atoms with E-state index < -0.39 is 5.91 Å². The molecule has 3 N–H and O–H groups in total. The SMILES string of the molecule is C#CCNCC(=O)N(C)Cc1ccc(C(N)=O)cc1. The minimum atomic E-state index is -0.463. The van der Waals surface area contributed by atoms with Crippen molar-refractivity contribution in [2.45, 2.75) is 6.54 Å². The second-order valence-electron chi connectivity index (χ2n) is 4.12. The van der Waals surface area contributed by atoms with Gasteiger partial charge in [0.2, 0.25) is 11.8 Å². The van der Waals surface area contributed by atoms with E-state index in [4.69, 9.17) is 12.2 Å². The molecule has 0 atom stereocenters. The molecule has 0 fully saturated rings. The average molecular weight is 259 g/mol. The molecule has 0 spiro atoms. The topological polar surface area (TPSA) is 75.4 Å². The van der Waals surface area contributed by atoms with Crippen LogP contribution in [0.1, 0.15) is 15.9 Å². The second kappa shape index (κ2) is 7.19. The Balaban J connectivity index is 2.52. The van der Waals surface area contributed by atoms with Crippen LogP contribution in [0.2, 0.25) is 0 Å². The number of hydrogen-bond acceptors (Lipinski definition) is 3. The largest absolute Gasteiger partial charge is 0.366 e. The zero-order valence-corrected chi connectivity index (χ0v) is 10.8. The van der Waals surface area contributed by atoms with Crippen LogP contribution in [0.5, 0.6) is 0 Å². The molecule has 1 aromatic rings. The van der Waals surface area contributed by atoms with E-state index in [2.05, 4.69) is 11.2 Å². The van der Waals surface area contributed by atoms with Gasteiger partial charge in [0.25, 0.3) is 0 Å². The summed E-state index contributed by atoms with van der Waals surface area (Å²) in [6.45, 7) is 1.04. The van der Waals surface area contributed by atoms with Gasteiger partial charge in [-0.15, -0.1) is 6.42 Å². The van der Waals surface area contributed by atoms with Gasteiger partial charge in [-0.1, -0.05) is 18.1 Å². The van der Waals surface area contributed by atoms with Crippen LogP contribution in [0.25, 0.3) is 0 Å². The molecule has 1 rings (SSSR count). The summed E-state index contributed by atoms with van der Waals surface area (Å²) in [7, 11) is 1.71. The van der Waals surface area contributed by atoms with Crippen LogP contribution < -0.4 is 11.1 Å². The summed E-state index contributed by atoms with van der Waals surface area (Å²) in [5, 5.41) is 2.84. The van der Waals surface area contributed by atoms with Gasteiger partial charge in [-0.2, -0.15) is 0 Å². The van der Waals surface area contributed by atoms with Gasteiger partial charge in [0.1, 0.15) is 0 Å². The number of terminal acetylenes is 1. The lowest BCUT2D eigenvalue weighted by Crippen LogP contribution is -2.35. The Morgan fingerprint density at radius 1 is 1.37 bits per heavy atom. The molecule has 0 aliphatic rings. The predicted molar refractivity (Wildman–Crippen MR) is 73.1 cm³/mol. The minimum Gasteiger partial charge on any atom is -0.366 e. The smallest absolute Gasteiger partial charge is 0.248 e. The van der Waals surface area contributed by atoms with Crippen LogP contribution in [0.3, 0.4) is 0 Å². The first-order chi connectivity index (χ1) is 9.04. The third-order valence-electron chi connectivity index (χ3n) is 2.59. The molecule has 19 heavy (non-hydrogen) atoms. The molecule has 0 unspecified atom stereocenters. The van der Waals surface area contributed by atoms with Crippen molar-refractivity contribution in [3.63, 3.8) is 0 Å². The fraction of sp³-hybridized carbons (Fsp3) is 0.286. The molecule has 0 bridgehead atoms. The van der Waals surface area contributed by atoms with Crippen LogP contribution in [0.4, 0.5) is 0 Å². The Bertz CT molecular complexity index is 488. The highest BCUT2D eigenvalue weighted by Crippen LogP contribution is 2.06.